The Labute approximate surface area is 181 Å². The molecule has 7 nitrogen and oxygen atoms in total. The van der Waals surface area contributed by atoms with Gasteiger partial charge >= 0.3 is 0 Å². The van der Waals surface area contributed by atoms with Crippen LogP contribution in [0.4, 0.5) is 5.69 Å². The van der Waals surface area contributed by atoms with Crippen molar-refractivity contribution in [3.05, 3.63) is 99.6 Å². The number of nitro groups is 1. The summed E-state index contributed by atoms with van der Waals surface area (Å²) < 4.78 is 10.4. The summed E-state index contributed by atoms with van der Waals surface area (Å²) >= 11 is 0. The van der Waals surface area contributed by atoms with Crippen LogP contribution in [0.5, 0.6) is 11.5 Å². The van der Waals surface area contributed by atoms with Gasteiger partial charge in [0.25, 0.3) is 11.6 Å². The summed E-state index contributed by atoms with van der Waals surface area (Å²) in [7, 11) is 2.82. The number of nitrogens with zero attached hydrogens (tertiary/aromatic N) is 2. The second kappa shape index (κ2) is 10.2. The number of rotatable bonds is 9. The molecule has 3 rings (SSSR count). The molecule has 0 saturated heterocycles. The van der Waals surface area contributed by atoms with Crippen molar-refractivity contribution in [3.8, 4) is 11.5 Å². The van der Waals surface area contributed by atoms with Crippen molar-refractivity contribution in [3.63, 3.8) is 0 Å². The molecule has 0 unspecified atom stereocenters. The summed E-state index contributed by atoms with van der Waals surface area (Å²) in [6.07, 6.45) is 0.625. The van der Waals surface area contributed by atoms with Gasteiger partial charge in [-0.25, -0.2) is 0 Å². The highest BCUT2D eigenvalue weighted by molar-refractivity contribution is 5.99. The maximum atomic E-state index is 13.5. The molecule has 3 aromatic carbocycles. The first kappa shape index (κ1) is 21.8. The number of carbonyl (C=O) groups is 1. The van der Waals surface area contributed by atoms with Crippen LogP contribution in [0.1, 0.15) is 21.5 Å². The summed E-state index contributed by atoms with van der Waals surface area (Å²) in [5.74, 6) is 0.0243. The van der Waals surface area contributed by atoms with E-state index in [1.165, 1.54) is 26.4 Å². The molecule has 0 aromatic heterocycles. The fourth-order valence-corrected chi connectivity index (χ4v) is 3.33. The number of benzene rings is 3. The van der Waals surface area contributed by atoms with Crippen molar-refractivity contribution in [2.24, 2.45) is 0 Å². The monoisotopic (exact) mass is 420 g/mol. The normalized spacial score (nSPS) is 10.4. The van der Waals surface area contributed by atoms with Crippen LogP contribution in [0.2, 0.25) is 0 Å². The molecule has 0 aliphatic heterocycles. The van der Waals surface area contributed by atoms with E-state index in [2.05, 4.69) is 0 Å². The number of carbonyl (C=O) groups excluding carboxylic acids is 1. The Bertz CT molecular complexity index is 1040. The van der Waals surface area contributed by atoms with Gasteiger partial charge in [-0.15, -0.1) is 0 Å². The molecule has 0 N–H and O–H groups in total. The van der Waals surface area contributed by atoms with E-state index in [0.717, 1.165) is 11.1 Å². The molecular weight excluding hydrogens is 396 g/mol. The summed E-state index contributed by atoms with van der Waals surface area (Å²) in [6, 6.07) is 21.9. The number of nitro benzene ring substituents is 1. The van der Waals surface area contributed by atoms with Crippen molar-refractivity contribution in [1.29, 1.82) is 0 Å². The van der Waals surface area contributed by atoms with Crippen LogP contribution in [-0.4, -0.2) is 36.5 Å². The highest BCUT2D eigenvalue weighted by atomic mass is 16.6. The van der Waals surface area contributed by atoms with E-state index in [-0.39, 0.29) is 22.7 Å². The first-order chi connectivity index (χ1) is 15.0. The second-order valence-corrected chi connectivity index (χ2v) is 6.93. The number of amides is 1. The first-order valence-electron chi connectivity index (χ1n) is 9.81. The molecule has 31 heavy (non-hydrogen) atoms. The fraction of sp³-hybridized carbons (Fsp3) is 0.208. The standard InChI is InChI=1S/C24H24N2O5/c1-30-22-15-20(21(26(28)29)16-23(22)31-2)24(27)25(17-19-11-7-4-8-12-19)14-13-18-9-5-3-6-10-18/h3-12,15-16H,13-14,17H2,1-2H3. The lowest BCUT2D eigenvalue weighted by molar-refractivity contribution is -0.385. The third-order valence-corrected chi connectivity index (χ3v) is 4.95. The third-order valence-electron chi connectivity index (χ3n) is 4.95. The van der Waals surface area contributed by atoms with E-state index >= 15 is 0 Å². The SMILES string of the molecule is COc1cc(C(=O)N(CCc2ccccc2)Cc2ccccc2)c([N+](=O)[O-])cc1OC. The molecule has 1 amide bonds. The third kappa shape index (κ3) is 5.39. The minimum absolute atomic E-state index is 0.0355. The maximum absolute atomic E-state index is 13.5. The van der Waals surface area contributed by atoms with Gasteiger partial charge in [0.15, 0.2) is 11.5 Å². The van der Waals surface area contributed by atoms with Crippen molar-refractivity contribution in [1.82, 2.24) is 4.90 Å². The average molecular weight is 420 g/mol. The van der Waals surface area contributed by atoms with E-state index in [4.69, 9.17) is 9.47 Å². The Morgan fingerprint density at radius 3 is 2.00 bits per heavy atom. The quantitative estimate of drug-likeness (QED) is 0.376. The molecule has 0 aliphatic carbocycles. The minimum Gasteiger partial charge on any atom is -0.493 e. The summed E-state index contributed by atoms with van der Waals surface area (Å²) in [5.41, 5.74) is 1.66. The molecule has 0 radical (unpaired) electrons. The van der Waals surface area contributed by atoms with Crippen LogP contribution in [0.25, 0.3) is 0 Å². The molecule has 0 heterocycles. The van der Waals surface area contributed by atoms with Crippen LogP contribution in [-0.2, 0) is 13.0 Å². The van der Waals surface area contributed by atoms with Crippen LogP contribution in [0.3, 0.4) is 0 Å². The first-order valence-corrected chi connectivity index (χ1v) is 9.81. The van der Waals surface area contributed by atoms with E-state index < -0.39 is 10.8 Å². The highest BCUT2D eigenvalue weighted by Crippen LogP contribution is 2.35. The lowest BCUT2D eigenvalue weighted by Gasteiger charge is -2.23. The van der Waals surface area contributed by atoms with Gasteiger partial charge in [-0.3, -0.25) is 14.9 Å². The van der Waals surface area contributed by atoms with Gasteiger partial charge in [-0.1, -0.05) is 60.7 Å². The Kier molecular flexibility index (Phi) is 7.22. The van der Waals surface area contributed by atoms with Crippen molar-refractivity contribution in [2.45, 2.75) is 13.0 Å². The Morgan fingerprint density at radius 2 is 1.45 bits per heavy atom. The van der Waals surface area contributed by atoms with E-state index in [0.29, 0.717) is 19.5 Å². The predicted octanol–water partition coefficient (Wildman–Crippen LogP) is 4.50. The van der Waals surface area contributed by atoms with Crippen LogP contribution in [0.15, 0.2) is 72.8 Å². The second-order valence-electron chi connectivity index (χ2n) is 6.93. The molecule has 7 heteroatoms. The lowest BCUT2D eigenvalue weighted by Crippen LogP contribution is -2.33. The summed E-state index contributed by atoms with van der Waals surface area (Å²) in [6.45, 7) is 0.737. The van der Waals surface area contributed by atoms with Crippen LogP contribution >= 0.6 is 0 Å². The highest BCUT2D eigenvalue weighted by Gasteiger charge is 2.28. The Morgan fingerprint density at radius 1 is 0.903 bits per heavy atom. The number of methoxy groups -OCH3 is 2. The molecule has 160 valence electrons. The zero-order chi connectivity index (χ0) is 22.2. The molecule has 0 bridgehead atoms. The Balaban J connectivity index is 1.97. The molecule has 0 fully saturated rings. The molecule has 0 atom stereocenters. The molecule has 0 aliphatic rings. The fourth-order valence-electron chi connectivity index (χ4n) is 3.33. The summed E-state index contributed by atoms with van der Waals surface area (Å²) in [5, 5.41) is 11.7. The number of ether oxygens (including phenoxy) is 2. The average Bonchev–Trinajstić information content (AvgIpc) is 2.81. The van der Waals surface area contributed by atoms with Crippen molar-refractivity contribution >= 4 is 11.6 Å². The minimum atomic E-state index is -0.576. The van der Waals surface area contributed by atoms with E-state index in [1.807, 2.05) is 60.7 Å². The largest absolute Gasteiger partial charge is 0.493 e. The number of hydrogen-bond acceptors (Lipinski definition) is 5. The molecular formula is C24H24N2O5. The predicted molar refractivity (Wildman–Crippen MR) is 118 cm³/mol. The molecule has 0 saturated carbocycles. The van der Waals surface area contributed by atoms with Crippen molar-refractivity contribution in [2.75, 3.05) is 20.8 Å². The van der Waals surface area contributed by atoms with Gasteiger partial charge in [0.05, 0.1) is 25.2 Å². The van der Waals surface area contributed by atoms with Crippen molar-refractivity contribution < 1.29 is 19.2 Å². The van der Waals surface area contributed by atoms with Gasteiger partial charge in [-0.05, 0) is 17.5 Å². The van der Waals surface area contributed by atoms with Gasteiger partial charge in [-0.2, -0.15) is 0 Å². The summed E-state index contributed by atoms with van der Waals surface area (Å²) in [4.78, 5) is 26.2. The van der Waals surface area contributed by atoms with Gasteiger partial charge in [0, 0.05) is 19.2 Å². The smallest absolute Gasteiger partial charge is 0.286 e. The zero-order valence-electron chi connectivity index (χ0n) is 17.5. The Hall–Kier alpha value is -3.87. The van der Waals surface area contributed by atoms with Crippen LogP contribution in [0, 0.1) is 10.1 Å². The van der Waals surface area contributed by atoms with Crippen LogP contribution < -0.4 is 9.47 Å². The van der Waals surface area contributed by atoms with E-state index in [9.17, 15) is 14.9 Å². The lowest BCUT2D eigenvalue weighted by atomic mass is 10.1. The van der Waals surface area contributed by atoms with Gasteiger partial charge in [0.2, 0.25) is 0 Å². The number of hydrogen-bond donors (Lipinski definition) is 0. The maximum Gasteiger partial charge on any atom is 0.286 e. The zero-order valence-corrected chi connectivity index (χ0v) is 17.5. The topological polar surface area (TPSA) is 81.9 Å². The molecule has 0 spiro atoms. The van der Waals surface area contributed by atoms with E-state index in [1.54, 1.807) is 4.90 Å². The van der Waals surface area contributed by atoms with Gasteiger partial charge < -0.3 is 14.4 Å². The molecule has 3 aromatic rings. The van der Waals surface area contributed by atoms with Gasteiger partial charge in [0.1, 0.15) is 5.56 Å².